The Kier molecular flexibility index (Phi) is 6.35. The van der Waals surface area contributed by atoms with E-state index < -0.39 is 0 Å². The molecule has 0 unspecified atom stereocenters. The number of unbranched alkanes of at least 4 members (excludes halogenated alkanes) is 2. The highest BCUT2D eigenvalue weighted by Crippen LogP contribution is 2.07. The van der Waals surface area contributed by atoms with Gasteiger partial charge < -0.3 is 4.74 Å². The highest BCUT2D eigenvalue weighted by atomic mass is 16.5. The maximum atomic E-state index is 11.4. The number of carbonyl (C=O) groups is 1. The van der Waals surface area contributed by atoms with Gasteiger partial charge >= 0.3 is 5.97 Å². The third kappa shape index (κ3) is 4.88. The summed E-state index contributed by atoms with van der Waals surface area (Å²) in [6.45, 7) is 2.15. The predicted molar refractivity (Wildman–Crippen MR) is 73.8 cm³/mol. The van der Waals surface area contributed by atoms with Crippen molar-refractivity contribution in [1.82, 2.24) is 0 Å². The van der Waals surface area contributed by atoms with Gasteiger partial charge in [-0.2, -0.15) is 0 Å². The monoisotopic (exact) mass is 242 g/mol. The van der Waals surface area contributed by atoms with Crippen molar-refractivity contribution in [3.05, 3.63) is 47.6 Å². The minimum atomic E-state index is -0.337. The van der Waals surface area contributed by atoms with Crippen LogP contribution in [0.25, 0.3) is 0 Å². The molecule has 0 aromatic rings. The number of methoxy groups -OCH3 is 1. The van der Waals surface area contributed by atoms with Crippen LogP contribution in [-0.2, 0) is 9.53 Å². The summed E-state index contributed by atoms with van der Waals surface area (Å²) < 4.78 is 4.69. The Morgan fingerprint density at radius 2 is 2.06 bits per heavy atom. The topological polar surface area (TPSA) is 26.3 Å². The quantitative estimate of drug-likeness (QED) is 0.431. The zero-order valence-corrected chi connectivity index (χ0v) is 10.9. The lowest BCUT2D eigenvalue weighted by Gasteiger charge is -1.99. The molecule has 0 radical (unpaired) electrons. The van der Waals surface area contributed by atoms with Crippen LogP contribution >= 0.6 is 0 Å². The zero-order valence-electron chi connectivity index (χ0n) is 10.9. The van der Waals surface area contributed by atoms with Crippen LogP contribution in [0.2, 0.25) is 0 Å². The first-order valence-corrected chi connectivity index (χ1v) is 6.12. The summed E-state index contributed by atoms with van der Waals surface area (Å²) in [6, 6.07) is 0. The van der Waals surface area contributed by atoms with E-state index in [0.717, 1.165) is 24.8 Å². The molecule has 0 saturated heterocycles. The summed E-state index contributed by atoms with van der Waals surface area (Å²) >= 11 is 0. The fraction of sp³-hybridized carbons (Fsp3) is 0.312. The highest BCUT2D eigenvalue weighted by Gasteiger charge is 2.04. The molecule has 0 fully saturated rings. The van der Waals surface area contributed by atoms with E-state index in [0.29, 0.717) is 5.57 Å². The second-order valence-electron chi connectivity index (χ2n) is 3.86. The van der Waals surface area contributed by atoms with E-state index in [-0.39, 0.29) is 5.97 Å². The Balaban J connectivity index is 2.79. The second-order valence-corrected chi connectivity index (χ2v) is 3.86. The SMILES string of the molecule is CCCCC#CC1=C/C=C(C(=O)OC)\C=C/C=C\1. The average molecular weight is 242 g/mol. The lowest BCUT2D eigenvalue weighted by atomic mass is 10.1. The van der Waals surface area contributed by atoms with Gasteiger partial charge in [-0.05, 0) is 30.7 Å². The maximum absolute atomic E-state index is 11.4. The molecule has 94 valence electrons. The van der Waals surface area contributed by atoms with Crippen LogP contribution in [0, 0.1) is 11.8 Å². The van der Waals surface area contributed by atoms with Crippen molar-refractivity contribution < 1.29 is 9.53 Å². The molecule has 18 heavy (non-hydrogen) atoms. The fourth-order valence-corrected chi connectivity index (χ4v) is 1.38. The molecule has 2 nitrogen and oxygen atoms in total. The lowest BCUT2D eigenvalue weighted by Crippen LogP contribution is -2.02. The average Bonchev–Trinajstić information content (AvgIpc) is 2.36. The third-order valence-corrected chi connectivity index (χ3v) is 2.41. The molecule has 1 aliphatic carbocycles. The van der Waals surface area contributed by atoms with Gasteiger partial charge in [-0.15, -0.1) is 0 Å². The van der Waals surface area contributed by atoms with E-state index in [9.17, 15) is 4.79 Å². The summed E-state index contributed by atoms with van der Waals surface area (Å²) in [5.74, 6) is 5.88. The Hall–Kier alpha value is -2.01. The van der Waals surface area contributed by atoms with E-state index in [4.69, 9.17) is 0 Å². The standard InChI is InChI=1S/C16H18O2/c1-3-4-5-6-9-14-10-7-8-11-15(13-12-14)16(17)18-2/h7-8,10-13H,3-5H2,1-2H3/b8-7?,10-7-,11-8-,13-12?,14-10?,14-12-,15-11?,15-13+. The smallest absolute Gasteiger partial charge is 0.337 e. The molecule has 0 N–H and O–H groups in total. The highest BCUT2D eigenvalue weighted by molar-refractivity contribution is 5.92. The number of hydrogen-bond acceptors (Lipinski definition) is 2. The minimum Gasteiger partial charge on any atom is -0.465 e. The Bertz CT molecular complexity index is 465. The Morgan fingerprint density at radius 1 is 1.28 bits per heavy atom. The van der Waals surface area contributed by atoms with Crippen LogP contribution in [0.4, 0.5) is 0 Å². The maximum Gasteiger partial charge on any atom is 0.337 e. The fourth-order valence-electron chi connectivity index (χ4n) is 1.38. The van der Waals surface area contributed by atoms with Crippen LogP contribution in [-0.4, -0.2) is 13.1 Å². The molecule has 0 atom stereocenters. The van der Waals surface area contributed by atoms with Gasteiger partial charge in [-0.25, -0.2) is 4.79 Å². The molecule has 2 heteroatoms. The van der Waals surface area contributed by atoms with Gasteiger partial charge in [0.25, 0.3) is 0 Å². The van der Waals surface area contributed by atoms with E-state index >= 15 is 0 Å². The molecular formula is C16H18O2. The molecule has 0 heterocycles. The van der Waals surface area contributed by atoms with Gasteiger partial charge in [-0.1, -0.05) is 37.3 Å². The van der Waals surface area contributed by atoms with Gasteiger partial charge in [0.05, 0.1) is 12.7 Å². The molecule has 1 aliphatic rings. The van der Waals surface area contributed by atoms with Gasteiger partial charge in [0.2, 0.25) is 0 Å². The largest absolute Gasteiger partial charge is 0.465 e. The van der Waals surface area contributed by atoms with E-state index in [1.165, 1.54) is 7.11 Å². The van der Waals surface area contributed by atoms with E-state index in [1.807, 2.05) is 24.3 Å². The van der Waals surface area contributed by atoms with Crippen LogP contribution in [0.3, 0.4) is 0 Å². The summed E-state index contributed by atoms with van der Waals surface area (Å²) in [5, 5.41) is 0. The Labute approximate surface area is 109 Å². The number of allylic oxidation sites excluding steroid dienone is 6. The molecule has 0 aromatic carbocycles. The molecule has 0 aromatic heterocycles. The number of rotatable bonds is 3. The molecule has 0 amide bonds. The van der Waals surface area contributed by atoms with Crippen molar-refractivity contribution in [3.8, 4) is 11.8 Å². The summed E-state index contributed by atoms with van der Waals surface area (Å²) in [4.78, 5) is 11.4. The predicted octanol–water partition coefficient (Wildman–Crippen LogP) is 3.33. The minimum absolute atomic E-state index is 0.337. The third-order valence-electron chi connectivity index (χ3n) is 2.41. The van der Waals surface area contributed by atoms with Gasteiger partial charge in [0.1, 0.15) is 0 Å². The summed E-state index contributed by atoms with van der Waals surface area (Å²) in [6.07, 6.45) is 14.1. The second kappa shape index (κ2) is 8.14. The molecule has 0 spiro atoms. The van der Waals surface area contributed by atoms with Gasteiger partial charge in [0.15, 0.2) is 0 Å². The van der Waals surface area contributed by atoms with Crippen LogP contribution in [0.15, 0.2) is 47.6 Å². The van der Waals surface area contributed by atoms with Crippen LogP contribution in [0.1, 0.15) is 26.2 Å². The first kappa shape index (κ1) is 14.1. The summed E-state index contributed by atoms with van der Waals surface area (Å²) in [5.41, 5.74) is 1.42. The molecule has 1 rings (SSSR count). The van der Waals surface area contributed by atoms with E-state index in [2.05, 4.69) is 23.5 Å². The van der Waals surface area contributed by atoms with Gasteiger partial charge in [-0.3, -0.25) is 0 Å². The van der Waals surface area contributed by atoms with Crippen LogP contribution < -0.4 is 0 Å². The Morgan fingerprint density at radius 3 is 2.78 bits per heavy atom. The molecule has 0 saturated carbocycles. The molecule has 0 bridgehead atoms. The number of esters is 1. The first-order chi connectivity index (χ1) is 8.77. The van der Waals surface area contributed by atoms with Crippen LogP contribution in [0.5, 0.6) is 0 Å². The van der Waals surface area contributed by atoms with Gasteiger partial charge in [0, 0.05) is 12.0 Å². The van der Waals surface area contributed by atoms with Crippen molar-refractivity contribution >= 4 is 5.97 Å². The zero-order chi connectivity index (χ0) is 13.2. The van der Waals surface area contributed by atoms with Crippen molar-refractivity contribution in [2.24, 2.45) is 0 Å². The van der Waals surface area contributed by atoms with E-state index in [1.54, 1.807) is 12.2 Å². The number of ether oxygens (including phenoxy) is 1. The van der Waals surface area contributed by atoms with Crippen molar-refractivity contribution in [1.29, 1.82) is 0 Å². The molecular weight excluding hydrogens is 224 g/mol. The number of hydrogen-bond donors (Lipinski definition) is 0. The first-order valence-electron chi connectivity index (χ1n) is 6.12. The number of carbonyl (C=O) groups excluding carboxylic acids is 1. The molecule has 0 aliphatic heterocycles. The van der Waals surface area contributed by atoms with Crippen molar-refractivity contribution in [2.75, 3.05) is 7.11 Å². The van der Waals surface area contributed by atoms with Crippen molar-refractivity contribution in [2.45, 2.75) is 26.2 Å². The lowest BCUT2D eigenvalue weighted by molar-refractivity contribution is -0.135. The van der Waals surface area contributed by atoms with Crippen molar-refractivity contribution in [3.63, 3.8) is 0 Å². The normalized spacial score (nSPS) is 23.0. The summed E-state index contributed by atoms with van der Waals surface area (Å²) in [7, 11) is 1.38.